The van der Waals surface area contributed by atoms with Crippen LogP contribution in [0.1, 0.15) is 63.0 Å². The summed E-state index contributed by atoms with van der Waals surface area (Å²) in [5, 5.41) is 12.7. The van der Waals surface area contributed by atoms with Crippen LogP contribution in [0.2, 0.25) is 0 Å². The molecule has 2 heterocycles. The van der Waals surface area contributed by atoms with Gasteiger partial charge in [-0.05, 0) is 53.9 Å². The van der Waals surface area contributed by atoms with Crippen molar-refractivity contribution in [1.82, 2.24) is 10.2 Å². The third-order valence-electron chi connectivity index (χ3n) is 8.34. The predicted octanol–water partition coefficient (Wildman–Crippen LogP) is 4.55. The van der Waals surface area contributed by atoms with E-state index in [1.54, 1.807) is 4.90 Å². The van der Waals surface area contributed by atoms with E-state index in [1.165, 1.54) is 0 Å². The molecule has 0 saturated carbocycles. The molecule has 2 aromatic carbocycles. The fraction of sp³-hybridized carbons (Fsp3) is 0.464. The molecule has 0 spiro atoms. The van der Waals surface area contributed by atoms with Gasteiger partial charge in [-0.1, -0.05) is 68.8 Å². The van der Waals surface area contributed by atoms with E-state index in [9.17, 15) is 19.5 Å². The lowest BCUT2D eigenvalue weighted by Gasteiger charge is -2.35. The van der Waals surface area contributed by atoms with Crippen molar-refractivity contribution >= 4 is 18.0 Å². The summed E-state index contributed by atoms with van der Waals surface area (Å²) in [6.45, 7) is 4.01. The van der Waals surface area contributed by atoms with Crippen molar-refractivity contribution in [3.05, 3.63) is 59.7 Å². The van der Waals surface area contributed by atoms with Gasteiger partial charge in [0.05, 0.1) is 0 Å². The first-order valence-corrected chi connectivity index (χ1v) is 12.6. The van der Waals surface area contributed by atoms with Crippen molar-refractivity contribution in [2.45, 2.75) is 69.5 Å². The van der Waals surface area contributed by atoms with E-state index in [-0.39, 0.29) is 30.4 Å². The zero-order chi connectivity index (χ0) is 24.7. The summed E-state index contributed by atoms with van der Waals surface area (Å²) in [7, 11) is 0. The van der Waals surface area contributed by atoms with Gasteiger partial charge in [0.2, 0.25) is 5.91 Å². The third kappa shape index (κ3) is 3.77. The molecule has 7 heteroatoms. The monoisotopic (exact) mass is 476 g/mol. The minimum atomic E-state index is -1.14. The van der Waals surface area contributed by atoms with Crippen LogP contribution in [0, 0.1) is 5.92 Å². The van der Waals surface area contributed by atoms with Crippen LogP contribution < -0.4 is 5.32 Å². The quantitative estimate of drug-likeness (QED) is 0.611. The van der Waals surface area contributed by atoms with E-state index < -0.39 is 23.6 Å². The first-order chi connectivity index (χ1) is 16.9. The smallest absolute Gasteiger partial charge is 0.407 e. The first-order valence-electron chi connectivity index (χ1n) is 12.6. The molecule has 0 unspecified atom stereocenters. The summed E-state index contributed by atoms with van der Waals surface area (Å²) < 4.78 is 5.68. The summed E-state index contributed by atoms with van der Waals surface area (Å²) >= 11 is 0. The number of carbonyl (C=O) groups excluding carboxylic acids is 2. The number of benzene rings is 2. The lowest BCUT2D eigenvalue weighted by Crippen LogP contribution is -2.58. The Morgan fingerprint density at radius 2 is 1.63 bits per heavy atom. The normalized spacial score (nSPS) is 23.9. The Morgan fingerprint density at radius 3 is 2.17 bits per heavy atom. The second kappa shape index (κ2) is 9.02. The van der Waals surface area contributed by atoms with Gasteiger partial charge < -0.3 is 20.1 Å². The lowest BCUT2D eigenvalue weighted by atomic mass is 9.87. The molecule has 2 N–H and O–H groups in total. The van der Waals surface area contributed by atoms with Crippen LogP contribution in [-0.4, -0.2) is 52.2 Å². The fourth-order valence-electron chi connectivity index (χ4n) is 6.24. The summed E-state index contributed by atoms with van der Waals surface area (Å²) in [6, 6.07) is 15.3. The number of fused-ring (bicyclic) bond motifs is 5. The molecule has 2 atom stereocenters. The standard InChI is InChI=1S/C28H32N2O5/c1-3-17(2)24(25(31)30-18-12-14-28(30,15-13-18)26(32)33)29-27(34)35-16-23-21-10-6-4-8-19(21)20-9-5-7-11-22(20)23/h4-11,17-18,23-24H,3,12-16H2,1-2H3,(H,29,34)(H,32,33)/t17-,18?,24-,28?/m0/s1. The average Bonchev–Trinajstić information content (AvgIpc) is 3.54. The summed E-state index contributed by atoms with van der Waals surface area (Å²) in [6.07, 6.45) is 2.33. The van der Waals surface area contributed by atoms with Gasteiger partial charge >= 0.3 is 12.1 Å². The number of carboxylic acids is 1. The number of hydrogen-bond acceptors (Lipinski definition) is 4. The van der Waals surface area contributed by atoms with Crippen LogP contribution in [0.3, 0.4) is 0 Å². The molecule has 35 heavy (non-hydrogen) atoms. The van der Waals surface area contributed by atoms with Crippen molar-refractivity contribution in [3.63, 3.8) is 0 Å². The Balaban J connectivity index is 1.31. The molecular formula is C28H32N2O5. The van der Waals surface area contributed by atoms with Gasteiger partial charge in [-0.15, -0.1) is 0 Å². The Labute approximate surface area is 205 Å². The first kappa shape index (κ1) is 23.4. The SMILES string of the molecule is CC[C@H](C)[C@H](NC(=O)OCC1c2ccccc2-c2ccccc21)C(=O)N1C2CCC1(C(=O)O)CC2. The molecule has 1 aliphatic carbocycles. The summed E-state index contributed by atoms with van der Waals surface area (Å²) in [5.74, 6) is -1.49. The molecule has 2 aromatic rings. The van der Waals surface area contributed by atoms with E-state index in [4.69, 9.17) is 4.74 Å². The van der Waals surface area contributed by atoms with Crippen LogP contribution in [0.5, 0.6) is 0 Å². The van der Waals surface area contributed by atoms with Crippen LogP contribution in [0.4, 0.5) is 4.79 Å². The Bertz CT molecular complexity index is 1110. The Hall–Kier alpha value is -3.35. The number of amides is 2. The zero-order valence-electron chi connectivity index (χ0n) is 20.2. The van der Waals surface area contributed by atoms with Crippen molar-refractivity contribution in [2.24, 2.45) is 5.92 Å². The number of alkyl carbamates (subject to hydrolysis) is 1. The number of aliphatic carboxylic acids is 1. The lowest BCUT2D eigenvalue weighted by molar-refractivity contribution is -0.156. The molecule has 2 saturated heterocycles. The second-order valence-corrected chi connectivity index (χ2v) is 10.1. The molecule has 3 aliphatic rings. The summed E-state index contributed by atoms with van der Waals surface area (Å²) in [5.41, 5.74) is 3.39. The topological polar surface area (TPSA) is 95.9 Å². The highest BCUT2D eigenvalue weighted by molar-refractivity contribution is 5.93. The van der Waals surface area contributed by atoms with Gasteiger partial charge in [0.25, 0.3) is 0 Å². The van der Waals surface area contributed by atoms with E-state index in [2.05, 4.69) is 29.6 Å². The summed E-state index contributed by atoms with van der Waals surface area (Å²) in [4.78, 5) is 40.3. The molecule has 2 aliphatic heterocycles. The highest BCUT2D eigenvalue weighted by Crippen LogP contribution is 2.47. The molecule has 0 aromatic heterocycles. The maximum atomic E-state index is 13.6. The fourth-order valence-corrected chi connectivity index (χ4v) is 6.24. The van der Waals surface area contributed by atoms with Crippen molar-refractivity contribution in [2.75, 3.05) is 6.61 Å². The average molecular weight is 477 g/mol. The van der Waals surface area contributed by atoms with Gasteiger partial charge in [0.15, 0.2) is 0 Å². The van der Waals surface area contributed by atoms with Crippen LogP contribution in [-0.2, 0) is 14.3 Å². The number of nitrogens with one attached hydrogen (secondary N) is 1. The Kier molecular flexibility index (Phi) is 6.03. The maximum absolute atomic E-state index is 13.6. The highest BCUT2D eigenvalue weighted by Gasteiger charge is 2.59. The third-order valence-corrected chi connectivity index (χ3v) is 8.34. The molecule has 0 radical (unpaired) electrons. The van der Waals surface area contributed by atoms with Gasteiger partial charge in [-0.25, -0.2) is 9.59 Å². The van der Waals surface area contributed by atoms with Crippen molar-refractivity contribution in [1.29, 1.82) is 0 Å². The number of ether oxygens (including phenoxy) is 1. The van der Waals surface area contributed by atoms with Gasteiger partial charge in [-0.3, -0.25) is 4.79 Å². The number of carboxylic acid groups (broad SMARTS) is 1. The van der Waals surface area contributed by atoms with Crippen LogP contribution in [0.25, 0.3) is 11.1 Å². The second-order valence-electron chi connectivity index (χ2n) is 10.1. The Morgan fingerprint density at radius 1 is 1.06 bits per heavy atom. The largest absolute Gasteiger partial charge is 0.479 e. The number of nitrogens with zero attached hydrogens (tertiary/aromatic N) is 1. The molecular weight excluding hydrogens is 444 g/mol. The zero-order valence-corrected chi connectivity index (χ0v) is 20.2. The van der Waals surface area contributed by atoms with E-state index in [1.807, 2.05) is 38.1 Å². The number of hydrogen-bond donors (Lipinski definition) is 2. The van der Waals surface area contributed by atoms with Crippen LogP contribution >= 0.6 is 0 Å². The van der Waals surface area contributed by atoms with Crippen molar-refractivity contribution < 1.29 is 24.2 Å². The molecule has 5 rings (SSSR count). The van der Waals surface area contributed by atoms with Gasteiger partial charge in [-0.2, -0.15) is 0 Å². The van der Waals surface area contributed by atoms with E-state index in [0.29, 0.717) is 32.1 Å². The highest BCUT2D eigenvalue weighted by atomic mass is 16.5. The number of carbonyl (C=O) groups is 3. The number of rotatable bonds is 7. The minimum absolute atomic E-state index is 0.0735. The van der Waals surface area contributed by atoms with Gasteiger partial charge in [0.1, 0.15) is 18.2 Å². The van der Waals surface area contributed by atoms with Crippen LogP contribution in [0.15, 0.2) is 48.5 Å². The van der Waals surface area contributed by atoms with E-state index >= 15 is 0 Å². The van der Waals surface area contributed by atoms with Gasteiger partial charge in [0, 0.05) is 12.0 Å². The minimum Gasteiger partial charge on any atom is -0.479 e. The van der Waals surface area contributed by atoms with Crippen molar-refractivity contribution in [3.8, 4) is 11.1 Å². The van der Waals surface area contributed by atoms with E-state index in [0.717, 1.165) is 22.3 Å². The molecule has 2 amide bonds. The molecule has 7 nitrogen and oxygen atoms in total. The predicted molar refractivity (Wildman–Crippen MR) is 131 cm³/mol. The molecule has 184 valence electrons. The molecule has 2 fully saturated rings. The molecule has 2 bridgehead atoms. The maximum Gasteiger partial charge on any atom is 0.407 e.